The van der Waals surface area contributed by atoms with Crippen molar-refractivity contribution in [3.8, 4) is 0 Å². The smallest absolute Gasteiger partial charge is 0.253 e. The topological polar surface area (TPSA) is 41.4 Å². The first-order chi connectivity index (χ1) is 13.7. The molecule has 2 fully saturated rings. The molecule has 0 radical (unpaired) electrons. The van der Waals surface area contributed by atoms with Crippen molar-refractivity contribution in [3.63, 3.8) is 0 Å². The normalized spacial score (nSPS) is 19.9. The van der Waals surface area contributed by atoms with Gasteiger partial charge < -0.3 is 9.47 Å². The molecule has 0 aliphatic carbocycles. The van der Waals surface area contributed by atoms with Crippen molar-refractivity contribution in [2.24, 2.45) is 0 Å². The summed E-state index contributed by atoms with van der Waals surface area (Å²) in [6.07, 6.45) is 4.30. The molecule has 2 saturated heterocycles. The van der Waals surface area contributed by atoms with E-state index in [4.69, 9.17) is 0 Å². The van der Waals surface area contributed by atoms with Gasteiger partial charge in [-0.15, -0.1) is 0 Å². The van der Waals surface area contributed by atoms with Crippen LogP contribution in [0.3, 0.4) is 0 Å². The lowest BCUT2D eigenvalue weighted by molar-refractivity contribution is 0.0752. The molecule has 0 spiro atoms. The second kappa shape index (κ2) is 7.06. The highest BCUT2D eigenvalue weighted by atomic mass is 16.2. The third-order valence-electron chi connectivity index (χ3n) is 6.19. The number of aromatic nitrogens is 2. The van der Waals surface area contributed by atoms with Gasteiger partial charge in [0.15, 0.2) is 0 Å². The van der Waals surface area contributed by atoms with Crippen molar-refractivity contribution >= 4 is 16.9 Å². The van der Waals surface area contributed by atoms with Crippen molar-refractivity contribution < 1.29 is 4.79 Å². The van der Waals surface area contributed by atoms with E-state index in [-0.39, 0.29) is 5.91 Å². The molecule has 2 aromatic carbocycles. The summed E-state index contributed by atoms with van der Waals surface area (Å²) >= 11 is 0. The Labute approximate surface area is 165 Å². The summed E-state index contributed by atoms with van der Waals surface area (Å²) in [7, 11) is 0. The molecule has 28 heavy (non-hydrogen) atoms. The standard InChI is InChI=1S/C23H26N4O/c1-17-3-8-22-21(13-17)24-16-27(22)14-18-4-6-19(7-5-18)23(28)26-12-9-20(15-26)25-10-2-11-25/h3-8,13,16,20H,2,9-12,14-15H2,1H3. The van der Waals surface area contributed by atoms with E-state index in [1.807, 2.05) is 23.4 Å². The molecule has 1 amide bonds. The van der Waals surface area contributed by atoms with E-state index < -0.39 is 0 Å². The van der Waals surface area contributed by atoms with Crippen LogP contribution in [0.2, 0.25) is 0 Å². The van der Waals surface area contributed by atoms with Gasteiger partial charge in [0, 0.05) is 31.2 Å². The number of hydrogen-bond acceptors (Lipinski definition) is 3. The quantitative estimate of drug-likeness (QED) is 0.704. The Balaban J connectivity index is 1.27. The summed E-state index contributed by atoms with van der Waals surface area (Å²) in [6, 6.07) is 15.0. The van der Waals surface area contributed by atoms with Crippen LogP contribution in [-0.4, -0.2) is 57.5 Å². The molecule has 1 unspecified atom stereocenters. The summed E-state index contributed by atoms with van der Waals surface area (Å²) in [6.45, 7) is 6.99. The van der Waals surface area contributed by atoms with Crippen molar-refractivity contribution in [1.82, 2.24) is 19.4 Å². The number of aryl methyl sites for hydroxylation is 1. The van der Waals surface area contributed by atoms with Crippen LogP contribution in [-0.2, 0) is 6.54 Å². The molecule has 5 heteroatoms. The van der Waals surface area contributed by atoms with E-state index >= 15 is 0 Å². The third kappa shape index (κ3) is 3.20. The number of imidazole rings is 1. The van der Waals surface area contributed by atoms with Crippen LogP contribution in [0.15, 0.2) is 48.8 Å². The molecule has 3 heterocycles. The van der Waals surface area contributed by atoms with Crippen LogP contribution in [0.1, 0.15) is 34.3 Å². The van der Waals surface area contributed by atoms with Gasteiger partial charge in [0.25, 0.3) is 5.91 Å². The highest BCUT2D eigenvalue weighted by Gasteiger charge is 2.32. The zero-order valence-electron chi connectivity index (χ0n) is 16.3. The van der Waals surface area contributed by atoms with Gasteiger partial charge in [-0.3, -0.25) is 9.69 Å². The van der Waals surface area contributed by atoms with E-state index in [1.54, 1.807) is 0 Å². The average molecular weight is 374 g/mol. The maximum atomic E-state index is 12.8. The number of carbonyl (C=O) groups is 1. The molecule has 0 saturated carbocycles. The van der Waals surface area contributed by atoms with Gasteiger partial charge in [-0.05, 0) is 68.2 Å². The first kappa shape index (κ1) is 17.4. The Morgan fingerprint density at radius 3 is 2.68 bits per heavy atom. The summed E-state index contributed by atoms with van der Waals surface area (Å²) in [5.74, 6) is 0.165. The predicted molar refractivity (Wildman–Crippen MR) is 111 cm³/mol. The molecule has 1 atom stereocenters. The molecule has 5 nitrogen and oxygen atoms in total. The SMILES string of the molecule is Cc1ccc2c(c1)ncn2Cc1ccc(C(=O)N2CCC(N3CCC3)C2)cc1. The maximum Gasteiger partial charge on any atom is 0.253 e. The number of amides is 1. The van der Waals surface area contributed by atoms with Gasteiger partial charge in [0.05, 0.1) is 17.4 Å². The fraction of sp³-hybridized carbons (Fsp3) is 0.391. The minimum Gasteiger partial charge on any atom is -0.337 e. The van der Waals surface area contributed by atoms with Gasteiger partial charge in [0.2, 0.25) is 0 Å². The molecule has 0 bridgehead atoms. The van der Waals surface area contributed by atoms with Crippen LogP contribution in [0.4, 0.5) is 0 Å². The van der Waals surface area contributed by atoms with Crippen molar-refractivity contribution in [1.29, 1.82) is 0 Å². The van der Waals surface area contributed by atoms with Crippen LogP contribution in [0.25, 0.3) is 11.0 Å². The first-order valence-corrected chi connectivity index (χ1v) is 10.2. The highest BCUT2D eigenvalue weighted by molar-refractivity contribution is 5.94. The molecular formula is C23H26N4O. The van der Waals surface area contributed by atoms with E-state index in [0.717, 1.165) is 42.7 Å². The van der Waals surface area contributed by atoms with E-state index in [2.05, 4.69) is 51.7 Å². The molecule has 1 aromatic heterocycles. The lowest BCUT2D eigenvalue weighted by atomic mass is 10.1. The monoisotopic (exact) mass is 374 g/mol. The number of carbonyl (C=O) groups excluding carboxylic acids is 1. The molecular weight excluding hydrogens is 348 g/mol. The highest BCUT2D eigenvalue weighted by Crippen LogP contribution is 2.22. The minimum absolute atomic E-state index is 0.165. The summed E-state index contributed by atoms with van der Waals surface area (Å²) < 4.78 is 2.16. The lowest BCUT2D eigenvalue weighted by Crippen LogP contribution is -2.46. The maximum absolute atomic E-state index is 12.8. The largest absolute Gasteiger partial charge is 0.337 e. The van der Waals surface area contributed by atoms with Gasteiger partial charge in [-0.2, -0.15) is 0 Å². The molecule has 144 valence electrons. The fourth-order valence-corrected chi connectivity index (χ4v) is 4.36. The Morgan fingerprint density at radius 2 is 1.93 bits per heavy atom. The minimum atomic E-state index is 0.165. The van der Waals surface area contributed by atoms with E-state index in [0.29, 0.717) is 6.04 Å². The predicted octanol–water partition coefficient (Wildman–Crippen LogP) is 3.31. The number of likely N-dealkylation sites (tertiary alicyclic amines) is 2. The molecule has 0 N–H and O–H groups in total. The Morgan fingerprint density at radius 1 is 1.11 bits per heavy atom. The molecule has 2 aliphatic heterocycles. The van der Waals surface area contributed by atoms with Crippen molar-refractivity contribution in [2.75, 3.05) is 26.2 Å². The van der Waals surface area contributed by atoms with Crippen molar-refractivity contribution in [3.05, 3.63) is 65.5 Å². The number of fused-ring (bicyclic) bond motifs is 1. The Kier molecular flexibility index (Phi) is 4.40. The summed E-state index contributed by atoms with van der Waals surface area (Å²) in [4.78, 5) is 21.9. The van der Waals surface area contributed by atoms with E-state index in [1.165, 1.54) is 30.6 Å². The number of nitrogens with zero attached hydrogens (tertiary/aromatic N) is 4. The van der Waals surface area contributed by atoms with Crippen LogP contribution in [0.5, 0.6) is 0 Å². The number of rotatable bonds is 4. The summed E-state index contributed by atoms with van der Waals surface area (Å²) in [5, 5.41) is 0. The van der Waals surface area contributed by atoms with Gasteiger partial charge >= 0.3 is 0 Å². The van der Waals surface area contributed by atoms with Gasteiger partial charge in [-0.25, -0.2) is 4.98 Å². The molecule has 5 rings (SSSR count). The average Bonchev–Trinajstić information content (AvgIpc) is 3.28. The first-order valence-electron chi connectivity index (χ1n) is 10.2. The van der Waals surface area contributed by atoms with Gasteiger partial charge in [0.1, 0.15) is 0 Å². The number of hydrogen-bond donors (Lipinski definition) is 0. The van der Waals surface area contributed by atoms with Crippen molar-refractivity contribution in [2.45, 2.75) is 32.4 Å². The number of benzene rings is 2. The fourth-order valence-electron chi connectivity index (χ4n) is 4.36. The molecule has 2 aliphatic rings. The van der Waals surface area contributed by atoms with Crippen LogP contribution < -0.4 is 0 Å². The zero-order valence-corrected chi connectivity index (χ0v) is 16.3. The Hall–Kier alpha value is -2.66. The summed E-state index contributed by atoms with van der Waals surface area (Å²) in [5.41, 5.74) is 5.35. The second-order valence-electron chi connectivity index (χ2n) is 8.14. The van der Waals surface area contributed by atoms with Gasteiger partial charge in [-0.1, -0.05) is 18.2 Å². The Bertz CT molecular complexity index is 1000. The van der Waals surface area contributed by atoms with E-state index in [9.17, 15) is 4.79 Å². The lowest BCUT2D eigenvalue weighted by Gasteiger charge is -2.36. The van der Waals surface area contributed by atoms with Crippen LogP contribution >= 0.6 is 0 Å². The zero-order chi connectivity index (χ0) is 19.1. The third-order valence-corrected chi connectivity index (χ3v) is 6.19. The molecule has 3 aromatic rings. The van der Waals surface area contributed by atoms with Crippen LogP contribution in [0, 0.1) is 6.92 Å². The second-order valence-corrected chi connectivity index (χ2v) is 8.14.